The summed E-state index contributed by atoms with van der Waals surface area (Å²) in [6.45, 7) is 29.3. The lowest BCUT2D eigenvalue weighted by Crippen LogP contribution is -2.17. The highest BCUT2D eigenvalue weighted by atomic mass is 16.5. The second kappa shape index (κ2) is 6.76. The van der Waals surface area contributed by atoms with Gasteiger partial charge in [0.15, 0.2) is 0 Å². The number of hydrogen-bond donors (Lipinski definition) is 0. The summed E-state index contributed by atoms with van der Waals surface area (Å²) in [4.78, 5) is 0. The molecular formula is C28H38O. The number of hydrogen-bond acceptors (Lipinski definition) is 1. The third-order valence-electron chi connectivity index (χ3n) is 7.00. The lowest BCUT2D eigenvalue weighted by molar-refractivity contribution is 0.421. The Morgan fingerprint density at radius 3 is 1.66 bits per heavy atom. The Morgan fingerprint density at radius 2 is 1.21 bits per heavy atom. The summed E-state index contributed by atoms with van der Waals surface area (Å²) in [5, 5.41) is 0. The van der Waals surface area contributed by atoms with Crippen molar-refractivity contribution in [1.82, 2.24) is 0 Å². The van der Waals surface area contributed by atoms with Crippen LogP contribution in [0.1, 0.15) is 97.5 Å². The van der Waals surface area contributed by atoms with E-state index < -0.39 is 0 Å². The van der Waals surface area contributed by atoms with Gasteiger partial charge in [-0.3, -0.25) is 0 Å². The maximum absolute atomic E-state index is 6.42. The summed E-state index contributed by atoms with van der Waals surface area (Å²) >= 11 is 0. The molecule has 0 aromatic heterocycles. The van der Waals surface area contributed by atoms with Crippen LogP contribution in [0.3, 0.4) is 0 Å². The SMILES string of the molecule is C=C1Oc2c(cc(C(C)(C)C)cc2C(C)(C)C)C1c1c(C)c(C)c(C)c(C)c1C. The summed E-state index contributed by atoms with van der Waals surface area (Å²) < 4.78 is 6.42. The Kier molecular flexibility index (Phi) is 5.05. The lowest BCUT2D eigenvalue weighted by atomic mass is 9.75. The summed E-state index contributed by atoms with van der Waals surface area (Å²) in [6, 6.07) is 4.72. The predicted octanol–water partition coefficient (Wildman–Crippen LogP) is 7.86. The van der Waals surface area contributed by atoms with Crippen LogP contribution in [0, 0.1) is 34.6 Å². The van der Waals surface area contributed by atoms with Crippen LogP contribution in [0.15, 0.2) is 24.5 Å². The van der Waals surface area contributed by atoms with E-state index in [2.05, 4.69) is 94.9 Å². The van der Waals surface area contributed by atoms with Crippen molar-refractivity contribution < 1.29 is 4.74 Å². The number of rotatable bonds is 1. The van der Waals surface area contributed by atoms with Gasteiger partial charge in [0.1, 0.15) is 11.5 Å². The first-order valence-corrected chi connectivity index (χ1v) is 10.8. The third-order valence-corrected chi connectivity index (χ3v) is 7.00. The molecule has 0 spiro atoms. The van der Waals surface area contributed by atoms with Gasteiger partial charge < -0.3 is 4.74 Å². The molecule has 0 fully saturated rings. The van der Waals surface area contributed by atoms with Gasteiger partial charge in [0.05, 0.1) is 5.92 Å². The minimum absolute atomic E-state index is 0.00368. The van der Waals surface area contributed by atoms with Gasteiger partial charge in [-0.05, 0) is 84.4 Å². The maximum Gasteiger partial charge on any atom is 0.134 e. The zero-order chi connectivity index (χ0) is 22.0. The van der Waals surface area contributed by atoms with Crippen molar-refractivity contribution in [3.05, 3.63) is 74.5 Å². The predicted molar refractivity (Wildman–Crippen MR) is 126 cm³/mol. The number of ether oxygens (including phenoxy) is 1. The highest BCUT2D eigenvalue weighted by Crippen LogP contribution is 2.52. The molecule has 1 heterocycles. The van der Waals surface area contributed by atoms with Gasteiger partial charge in [0.25, 0.3) is 0 Å². The molecular weight excluding hydrogens is 352 g/mol. The first-order valence-electron chi connectivity index (χ1n) is 10.8. The van der Waals surface area contributed by atoms with Crippen LogP contribution in [0.2, 0.25) is 0 Å². The fourth-order valence-electron chi connectivity index (χ4n) is 4.61. The molecule has 0 aliphatic carbocycles. The fraction of sp³-hybridized carbons (Fsp3) is 0.500. The molecule has 0 bridgehead atoms. The van der Waals surface area contributed by atoms with Crippen LogP contribution < -0.4 is 4.74 Å². The van der Waals surface area contributed by atoms with Crippen LogP contribution in [0.25, 0.3) is 0 Å². The van der Waals surface area contributed by atoms with E-state index in [1.807, 2.05) is 0 Å². The molecule has 1 heteroatoms. The Labute approximate surface area is 178 Å². The Morgan fingerprint density at radius 1 is 0.724 bits per heavy atom. The lowest BCUT2D eigenvalue weighted by Gasteiger charge is -2.28. The molecule has 1 unspecified atom stereocenters. The van der Waals surface area contributed by atoms with Crippen LogP contribution in [0.5, 0.6) is 5.75 Å². The first kappa shape index (κ1) is 21.7. The summed E-state index contributed by atoms with van der Waals surface area (Å²) in [5.41, 5.74) is 12.3. The van der Waals surface area contributed by atoms with Gasteiger partial charge in [-0.1, -0.05) is 60.3 Å². The number of benzene rings is 2. The highest BCUT2D eigenvalue weighted by Gasteiger charge is 2.38. The average Bonchev–Trinajstić information content (AvgIpc) is 2.92. The standard InChI is InChI=1S/C28H38O/c1-15-16(2)18(4)24(19(5)17(15)3)25-20(6)29-26-22(25)13-21(27(7,8)9)14-23(26)28(10,11)12/h13-14,25H,6H2,1-5,7-12H3. The molecule has 0 saturated carbocycles. The molecule has 2 aromatic carbocycles. The van der Waals surface area contributed by atoms with E-state index in [0.29, 0.717) is 0 Å². The van der Waals surface area contributed by atoms with E-state index in [0.717, 1.165) is 11.5 Å². The Hall–Kier alpha value is -2.02. The monoisotopic (exact) mass is 390 g/mol. The Balaban J connectivity index is 2.39. The van der Waals surface area contributed by atoms with Crippen molar-refractivity contribution >= 4 is 0 Å². The van der Waals surface area contributed by atoms with Crippen molar-refractivity contribution in [2.45, 2.75) is 92.9 Å². The molecule has 2 aromatic rings. The second-order valence-corrected chi connectivity index (χ2v) is 11.0. The molecule has 0 radical (unpaired) electrons. The van der Waals surface area contributed by atoms with Gasteiger partial charge in [-0.15, -0.1) is 0 Å². The van der Waals surface area contributed by atoms with Crippen molar-refractivity contribution in [3.8, 4) is 5.75 Å². The smallest absolute Gasteiger partial charge is 0.134 e. The topological polar surface area (TPSA) is 9.23 Å². The van der Waals surface area contributed by atoms with Gasteiger partial charge >= 0.3 is 0 Å². The minimum atomic E-state index is 0.00368. The molecule has 1 aliphatic rings. The molecule has 0 saturated heterocycles. The number of allylic oxidation sites excluding steroid dienone is 1. The Bertz CT molecular complexity index is 977. The second-order valence-electron chi connectivity index (χ2n) is 11.0. The van der Waals surface area contributed by atoms with E-state index in [1.54, 1.807) is 0 Å². The van der Waals surface area contributed by atoms with Gasteiger partial charge in [-0.25, -0.2) is 0 Å². The zero-order valence-electron chi connectivity index (χ0n) is 20.3. The van der Waals surface area contributed by atoms with E-state index in [-0.39, 0.29) is 16.7 Å². The molecule has 156 valence electrons. The zero-order valence-corrected chi connectivity index (χ0v) is 20.3. The summed E-state index contributed by atoms with van der Waals surface area (Å²) in [7, 11) is 0. The largest absolute Gasteiger partial charge is 0.461 e. The van der Waals surface area contributed by atoms with Crippen LogP contribution in [0.4, 0.5) is 0 Å². The molecule has 1 nitrogen and oxygen atoms in total. The molecule has 1 atom stereocenters. The van der Waals surface area contributed by atoms with E-state index in [1.165, 1.54) is 50.1 Å². The van der Waals surface area contributed by atoms with Gasteiger partial charge in [-0.2, -0.15) is 0 Å². The average molecular weight is 391 g/mol. The quantitative estimate of drug-likeness (QED) is 0.481. The summed E-state index contributed by atoms with van der Waals surface area (Å²) in [5.74, 6) is 1.96. The van der Waals surface area contributed by atoms with Crippen LogP contribution >= 0.6 is 0 Å². The third kappa shape index (κ3) is 3.43. The maximum atomic E-state index is 6.42. The highest BCUT2D eigenvalue weighted by molar-refractivity contribution is 5.63. The van der Waals surface area contributed by atoms with E-state index in [4.69, 9.17) is 4.74 Å². The minimum Gasteiger partial charge on any atom is -0.461 e. The van der Waals surface area contributed by atoms with Gasteiger partial charge in [0.2, 0.25) is 0 Å². The summed E-state index contributed by atoms with van der Waals surface area (Å²) in [6.07, 6.45) is 0. The van der Waals surface area contributed by atoms with Crippen molar-refractivity contribution in [3.63, 3.8) is 0 Å². The first-order chi connectivity index (χ1) is 13.2. The van der Waals surface area contributed by atoms with E-state index in [9.17, 15) is 0 Å². The molecule has 29 heavy (non-hydrogen) atoms. The van der Waals surface area contributed by atoms with Crippen LogP contribution in [-0.2, 0) is 10.8 Å². The van der Waals surface area contributed by atoms with Crippen molar-refractivity contribution in [1.29, 1.82) is 0 Å². The number of fused-ring (bicyclic) bond motifs is 1. The van der Waals surface area contributed by atoms with Gasteiger partial charge in [0, 0.05) is 11.1 Å². The molecule has 0 N–H and O–H groups in total. The molecule has 0 amide bonds. The molecule has 3 rings (SSSR count). The van der Waals surface area contributed by atoms with Crippen LogP contribution in [-0.4, -0.2) is 0 Å². The van der Waals surface area contributed by atoms with Crippen molar-refractivity contribution in [2.75, 3.05) is 0 Å². The fourth-order valence-corrected chi connectivity index (χ4v) is 4.61. The molecule has 1 aliphatic heterocycles. The van der Waals surface area contributed by atoms with Crippen molar-refractivity contribution in [2.24, 2.45) is 0 Å². The van der Waals surface area contributed by atoms with E-state index >= 15 is 0 Å². The normalized spacial score (nSPS) is 16.8.